The van der Waals surface area contributed by atoms with Crippen LogP contribution in [-0.2, 0) is 15.3 Å². The zero-order valence-electron chi connectivity index (χ0n) is 10.9. The van der Waals surface area contributed by atoms with Gasteiger partial charge in [0.25, 0.3) is 0 Å². The van der Waals surface area contributed by atoms with Crippen molar-refractivity contribution >= 4 is 18.4 Å². The topological polar surface area (TPSA) is 29.5 Å². The van der Waals surface area contributed by atoms with E-state index in [0.29, 0.717) is 0 Å². The fourth-order valence-electron chi connectivity index (χ4n) is 2.57. The van der Waals surface area contributed by atoms with E-state index in [9.17, 15) is 4.79 Å². The number of halogens is 1. The Bertz CT molecular complexity index is 396. The number of hydrogen-bond donors (Lipinski definition) is 0. The van der Waals surface area contributed by atoms with E-state index in [1.807, 2.05) is 37.4 Å². The minimum Gasteiger partial charge on any atom is -0.440 e. The van der Waals surface area contributed by atoms with Gasteiger partial charge in [0.15, 0.2) is 5.72 Å². The van der Waals surface area contributed by atoms with Gasteiger partial charge in [-0.1, -0.05) is 30.3 Å². The first-order valence-corrected chi connectivity index (χ1v) is 6.11. The van der Waals surface area contributed by atoms with Gasteiger partial charge in [0.1, 0.15) is 0 Å². The Hall–Kier alpha value is -1.06. The van der Waals surface area contributed by atoms with Crippen molar-refractivity contribution in [2.45, 2.75) is 31.9 Å². The summed E-state index contributed by atoms with van der Waals surface area (Å²) in [6.45, 7) is 2.44. The average molecular weight is 270 g/mol. The standard InChI is InChI=1S/C14H19NO2.ClH/c1-12(16)17-14(10-6-7-11-15(14)2)13-8-4-3-5-9-13;/h3-5,8-9H,6-7,10-11H2,1-2H3;1H. The van der Waals surface area contributed by atoms with Crippen molar-refractivity contribution in [3.8, 4) is 0 Å². The van der Waals surface area contributed by atoms with Crippen LogP contribution in [0.2, 0.25) is 0 Å². The van der Waals surface area contributed by atoms with Crippen LogP contribution in [0.5, 0.6) is 0 Å². The third-order valence-corrected chi connectivity index (χ3v) is 3.41. The molecule has 100 valence electrons. The predicted molar refractivity (Wildman–Crippen MR) is 73.6 cm³/mol. The van der Waals surface area contributed by atoms with E-state index in [-0.39, 0.29) is 18.4 Å². The van der Waals surface area contributed by atoms with Crippen molar-refractivity contribution in [1.29, 1.82) is 0 Å². The molecule has 1 aliphatic heterocycles. The first kappa shape index (κ1) is 15.0. The van der Waals surface area contributed by atoms with Crippen molar-refractivity contribution in [2.75, 3.05) is 13.6 Å². The molecule has 0 spiro atoms. The van der Waals surface area contributed by atoms with E-state index in [1.54, 1.807) is 0 Å². The highest BCUT2D eigenvalue weighted by Gasteiger charge is 2.41. The lowest BCUT2D eigenvalue weighted by Gasteiger charge is -2.44. The molecule has 2 rings (SSSR count). The lowest BCUT2D eigenvalue weighted by Crippen LogP contribution is -2.50. The van der Waals surface area contributed by atoms with Crippen LogP contribution in [0.25, 0.3) is 0 Å². The van der Waals surface area contributed by atoms with Crippen LogP contribution in [0.3, 0.4) is 0 Å². The highest BCUT2D eigenvalue weighted by atomic mass is 35.5. The summed E-state index contributed by atoms with van der Waals surface area (Å²) in [5, 5.41) is 0. The van der Waals surface area contributed by atoms with Gasteiger partial charge in [-0.3, -0.25) is 9.69 Å². The molecule has 1 aromatic carbocycles. The molecule has 1 aromatic rings. The summed E-state index contributed by atoms with van der Waals surface area (Å²) in [6, 6.07) is 10.0. The number of nitrogens with zero attached hydrogens (tertiary/aromatic N) is 1. The monoisotopic (exact) mass is 269 g/mol. The molecule has 0 amide bonds. The molecule has 1 unspecified atom stereocenters. The molecule has 0 radical (unpaired) electrons. The maximum absolute atomic E-state index is 11.4. The fraction of sp³-hybridized carbons (Fsp3) is 0.500. The van der Waals surface area contributed by atoms with E-state index in [1.165, 1.54) is 6.92 Å². The van der Waals surface area contributed by atoms with Crippen molar-refractivity contribution < 1.29 is 9.53 Å². The van der Waals surface area contributed by atoms with Gasteiger partial charge >= 0.3 is 5.97 Å². The summed E-state index contributed by atoms with van der Waals surface area (Å²) in [4.78, 5) is 13.5. The van der Waals surface area contributed by atoms with Crippen molar-refractivity contribution in [2.24, 2.45) is 0 Å². The second-order valence-corrected chi connectivity index (χ2v) is 4.62. The molecule has 1 heterocycles. The molecule has 1 fully saturated rings. The van der Waals surface area contributed by atoms with E-state index in [0.717, 1.165) is 31.4 Å². The molecule has 1 saturated heterocycles. The van der Waals surface area contributed by atoms with Crippen molar-refractivity contribution in [1.82, 2.24) is 4.90 Å². The zero-order valence-corrected chi connectivity index (χ0v) is 11.7. The normalized spacial score (nSPS) is 24.1. The van der Waals surface area contributed by atoms with Crippen LogP contribution < -0.4 is 0 Å². The Morgan fingerprint density at radius 2 is 1.94 bits per heavy atom. The third kappa shape index (κ3) is 2.85. The number of esters is 1. The predicted octanol–water partition coefficient (Wildman–Crippen LogP) is 2.94. The maximum Gasteiger partial charge on any atom is 0.304 e. The average Bonchev–Trinajstić information content (AvgIpc) is 2.33. The summed E-state index contributed by atoms with van der Waals surface area (Å²) in [5.74, 6) is -0.220. The summed E-state index contributed by atoms with van der Waals surface area (Å²) < 4.78 is 5.66. The number of piperidine rings is 1. The number of likely N-dealkylation sites (tertiary alicyclic amines) is 1. The smallest absolute Gasteiger partial charge is 0.304 e. The molecule has 0 aromatic heterocycles. The van der Waals surface area contributed by atoms with Crippen molar-refractivity contribution in [3.63, 3.8) is 0 Å². The summed E-state index contributed by atoms with van der Waals surface area (Å²) in [5.41, 5.74) is 0.503. The largest absolute Gasteiger partial charge is 0.440 e. The molecule has 3 nitrogen and oxygen atoms in total. The Kier molecular flexibility index (Phi) is 5.17. The second-order valence-electron chi connectivity index (χ2n) is 4.62. The van der Waals surface area contributed by atoms with Crippen molar-refractivity contribution in [3.05, 3.63) is 35.9 Å². The van der Waals surface area contributed by atoms with E-state index in [2.05, 4.69) is 4.90 Å². The first-order chi connectivity index (χ1) is 8.15. The third-order valence-electron chi connectivity index (χ3n) is 3.41. The molecule has 0 N–H and O–H groups in total. The van der Waals surface area contributed by atoms with Crippen LogP contribution in [-0.4, -0.2) is 24.5 Å². The van der Waals surface area contributed by atoms with E-state index >= 15 is 0 Å². The highest BCUT2D eigenvalue weighted by Crippen LogP contribution is 2.37. The SMILES string of the molecule is CC(=O)OC1(c2ccccc2)CCCCN1C.Cl. The molecule has 18 heavy (non-hydrogen) atoms. The highest BCUT2D eigenvalue weighted by molar-refractivity contribution is 5.85. The summed E-state index contributed by atoms with van der Waals surface area (Å²) >= 11 is 0. The van der Waals surface area contributed by atoms with Crippen LogP contribution >= 0.6 is 12.4 Å². The van der Waals surface area contributed by atoms with Crippen LogP contribution in [0.15, 0.2) is 30.3 Å². The van der Waals surface area contributed by atoms with Gasteiger partial charge in [-0.15, -0.1) is 12.4 Å². The zero-order chi connectivity index (χ0) is 12.3. The Morgan fingerprint density at radius 3 is 2.50 bits per heavy atom. The Balaban J connectivity index is 0.00000162. The number of hydrogen-bond acceptors (Lipinski definition) is 3. The van der Waals surface area contributed by atoms with Gasteiger partial charge in [-0.2, -0.15) is 0 Å². The second kappa shape index (κ2) is 6.21. The Labute approximate surface area is 115 Å². The molecule has 0 saturated carbocycles. The fourth-order valence-corrected chi connectivity index (χ4v) is 2.57. The van der Waals surface area contributed by atoms with Gasteiger partial charge in [0, 0.05) is 25.5 Å². The molecule has 1 atom stereocenters. The number of carbonyl (C=O) groups is 1. The van der Waals surface area contributed by atoms with Gasteiger partial charge in [0.05, 0.1) is 0 Å². The van der Waals surface area contributed by atoms with E-state index < -0.39 is 5.72 Å². The minimum absolute atomic E-state index is 0. The minimum atomic E-state index is -0.564. The lowest BCUT2D eigenvalue weighted by atomic mass is 9.91. The first-order valence-electron chi connectivity index (χ1n) is 6.11. The Morgan fingerprint density at radius 1 is 1.28 bits per heavy atom. The number of ether oxygens (including phenoxy) is 1. The molecular formula is C14H20ClNO2. The molecule has 0 aliphatic carbocycles. The van der Waals surface area contributed by atoms with Crippen LogP contribution in [0.4, 0.5) is 0 Å². The van der Waals surface area contributed by atoms with E-state index in [4.69, 9.17) is 4.74 Å². The maximum atomic E-state index is 11.4. The molecule has 0 bridgehead atoms. The summed E-state index contributed by atoms with van der Waals surface area (Å²) in [6.07, 6.45) is 3.12. The molecular weight excluding hydrogens is 250 g/mol. The number of carbonyl (C=O) groups excluding carboxylic acids is 1. The van der Waals surface area contributed by atoms with Crippen LogP contribution in [0, 0.1) is 0 Å². The van der Waals surface area contributed by atoms with Gasteiger partial charge in [0.2, 0.25) is 0 Å². The van der Waals surface area contributed by atoms with Crippen LogP contribution in [0.1, 0.15) is 31.7 Å². The number of rotatable bonds is 2. The molecule has 1 aliphatic rings. The molecule has 4 heteroatoms. The van der Waals surface area contributed by atoms with Gasteiger partial charge in [-0.25, -0.2) is 0 Å². The van der Waals surface area contributed by atoms with Gasteiger partial charge in [-0.05, 0) is 19.9 Å². The number of benzene rings is 1. The lowest BCUT2D eigenvalue weighted by molar-refractivity contribution is -0.191. The summed E-state index contributed by atoms with van der Waals surface area (Å²) in [7, 11) is 2.02. The quantitative estimate of drug-likeness (QED) is 0.773. The van der Waals surface area contributed by atoms with Gasteiger partial charge < -0.3 is 4.74 Å².